The highest BCUT2D eigenvalue weighted by Crippen LogP contribution is 2.34. The van der Waals surface area contributed by atoms with Crippen molar-refractivity contribution in [2.24, 2.45) is 0 Å². The summed E-state index contributed by atoms with van der Waals surface area (Å²) in [6, 6.07) is 19.9. The van der Waals surface area contributed by atoms with Crippen LogP contribution in [0, 0.1) is 0 Å². The van der Waals surface area contributed by atoms with Gasteiger partial charge in [0.2, 0.25) is 0 Å². The van der Waals surface area contributed by atoms with Gasteiger partial charge in [-0.1, -0.05) is 43.0 Å². The van der Waals surface area contributed by atoms with Crippen molar-refractivity contribution in [2.75, 3.05) is 12.4 Å². The lowest BCUT2D eigenvalue weighted by Gasteiger charge is -2.16. The summed E-state index contributed by atoms with van der Waals surface area (Å²) in [6.07, 6.45) is 0. The number of ether oxygens (including phenoxy) is 1. The molecule has 2 heterocycles. The van der Waals surface area contributed by atoms with Crippen LogP contribution in [-0.2, 0) is 19.4 Å². The van der Waals surface area contributed by atoms with Crippen LogP contribution in [0.2, 0.25) is 0 Å². The Morgan fingerprint density at radius 1 is 0.944 bits per heavy atom. The molecule has 0 spiro atoms. The molecule has 6 aromatic rings. The molecule has 178 valence electrons. The molecule has 7 nitrogen and oxygen atoms in total. The number of benzene rings is 4. The predicted molar refractivity (Wildman–Crippen MR) is 140 cm³/mol. The lowest BCUT2D eigenvalue weighted by atomic mass is 10.0. The zero-order chi connectivity index (χ0) is 25.2. The van der Waals surface area contributed by atoms with Gasteiger partial charge in [0.25, 0.3) is 5.56 Å². The summed E-state index contributed by atoms with van der Waals surface area (Å²) in [5.74, 6) is -1.03. The van der Waals surface area contributed by atoms with Crippen LogP contribution in [0.15, 0.2) is 88.6 Å². The molecule has 36 heavy (non-hydrogen) atoms. The molecule has 0 fully saturated rings. The van der Waals surface area contributed by atoms with Crippen LogP contribution < -0.4 is 5.56 Å². The summed E-state index contributed by atoms with van der Waals surface area (Å²) >= 11 is 0. The minimum Gasteiger partial charge on any atom is -0.461 e. The number of hydrogen-bond donors (Lipinski definition) is 0. The molecule has 4 aromatic carbocycles. The van der Waals surface area contributed by atoms with Gasteiger partial charge in [0.05, 0.1) is 21.7 Å². The van der Waals surface area contributed by atoms with E-state index < -0.39 is 15.8 Å². The number of fused-ring (bicyclic) bond motifs is 3. The van der Waals surface area contributed by atoms with Gasteiger partial charge in [0.1, 0.15) is 12.3 Å². The highest BCUT2D eigenvalue weighted by atomic mass is 32.2. The Hall–Kier alpha value is -4.30. The SMILES string of the molecule is C=C(C)C(=O)OCCS(=O)(=O)c1ccc2c3c1cccc3c(=O)n1c3cccc4cccc(nc21)c43. The van der Waals surface area contributed by atoms with Crippen molar-refractivity contribution in [3.63, 3.8) is 0 Å². The van der Waals surface area contributed by atoms with Gasteiger partial charge in [0.15, 0.2) is 9.84 Å². The van der Waals surface area contributed by atoms with Crippen LogP contribution in [0.4, 0.5) is 0 Å². The van der Waals surface area contributed by atoms with Gasteiger partial charge >= 0.3 is 5.97 Å². The van der Waals surface area contributed by atoms with Gasteiger partial charge in [-0.3, -0.25) is 9.20 Å². The molecule has 6 rings (SSSR count). The third-order valence-corrected chi connectivity index (χ3v) is 8.21. The smallest absolute Gasteiger partial charge is 0.333 e. The van der Waals surface area contributed by atoms with Gasteiger partial charge in [-0.05, 0) is 42.6 Å². The normalized spacial score (nSPS) is 12.2. The van der Waals surface area contributed by atoms with Gasteiger partial charge in [-0.15, -0.1) is 0 Å². The maximum Gasteiger partial charge on any atom is 0.333 e. The van der Waals surface area contributed by atoms with Crippen molar-refractivity contribution in [2.45, 2.75) is 11.8 Å². The summed E-state index contributed by atoms with van der Waals surface area (Å²) in [4.78, 5) is 30.4. The Morgan fingerprint density at radius 2 is 1.67 bits per heavy atom. The number of carbonyl (C=O) groups is 1. The first kappa shape index (κ1) is 22.2. The van der Waals surface area contributed by atoms with E-state index >= 15 is 0 Å². The highest BCUT2D eigenvalue weighted by Gasteiger charge is 2.23. The number of rotatable bonds is 5. The summed E-state index contributed by atoms with van der Waals surface area (Å²) in [5, 5.41) is 3.95. The Labute approximate surface area is 205 Å². The quantitative estimate of drug-likeness (QED) is 0.149. The van der Waals surface area contributed by atoms with Gasteiger partial charge in [-0.2, -0.15) is 0 Å². The van der Waals surface area contributed by atoms with Crippen molar-refractivity contribution in [1.29, 1.82) is 0 Å². The molecular weight excluding hydrogens is 476 g/mol. The number of aromatic nitrogens is 2. The van der Waals surface area contributed by atoms with E-state index in [2.05, 4.69) is 6.58 Å². The molecule has 0 aliphatic heterocycles. The molecule has 0 radical (unpaired) electrons. The van der Waals surface area contributed by atoms with Crippen LogP contribution in [0.1, 0.15) is 6.92 Å². The Morgan fingerprint density at radius 3 is 2.44 bits per heavy atom. The van der Waals surface area contributed by atoms with Crippen LogP contribution in [0.25, 0.3) is 49.0 Å². The van der Waals surface area contributed by atoms with E-state index in [1.165, 1.54) is 13.0 Å². The average Bonchev–Trinajstić information content (AvgIpc) is 2.86. The van der Waals surface area contributed by atoms with Crippen LogP contribution in [-0.4, -0.2) is 36.1 Å². The third-order valence-electron chi connectivity index (χ3n) is 6.48. The number of hydrogen-bond acceptors (Lipinski definition) is 6. The first-order valence-electron chi connectivity index (χ1n) is 11.3. The second kappa shape index (κ2) is 7.86. The summed E-state index contributed by atoms with van der Waals surface area (Å²) < 4.78 is 33.1. The molecule has 8 heteroatoms. The maximum atomic E-state index is 13.8. The summed E-state index contributed by atoms with van der Waals surface area (Å²) in [6.45, 7) is 4.70. The van der Waals surface area contributed by atoms with E-state index in [4.69, 9.17) is 9.72 Å². The number of sulfone groups is 1. The van der Waals surface area contributed by atoms with E-state index in [0.29, 0.717) is 27.2 Å². The Balaban J connectivity index is 1.63. The second-order valence-corrected chi connectivity index (χ2v) is 10.9. The molecule has 2 aromatic heterocycles. The minimum absolute atomic E-state index is 0.0784. The molecule has 0 saturated heterocycles. The molecular formula is C28H20N2O5S. The summed E-state index contributed by atoms with van der Waals surface area (Å²) in [7, 11) is -3.83. The molecule has 0 N–H and O–H groups in total. The van der Waals surface area contributed by atoms with Crippen molar-refractivity contribution in [1.82, 2.24) is 9.38 Å². The number of pyridine rings is 1. The van der Waals surface area contributed by atoms with Crippen molar-refractivity contribution in [3.8, 4) is 0 Å². The van der Waals surface area contributed by atoms with Gasteiger partial charge in [0, 0.05) is 32.5 Å². The third kappa shape index (κ3) is 3.18. The molecule has 0 bridgehead atoms. The average molecular weight is 497 g/mol. The number of nitrogens with zero attached hydrogens (tertiary/aromatic N) is 2. The predicted octanol–water partition coefficient (Wildman–Crippen LogP) is 4.64. The van der Waals surface area contributed by atoms with Crippen molar-refractivity contribution < 1.29 is 17.9 Å². The monoisotopic (exact) mass is 496 g/mol. The minimum atomic E-state index is -3.83. The lowest BCUT2D eigenvalue weighted by Crippen LogP contribution is -2.18. The maximum absolute atomic E-state index is 13.8. The first-order chi connectivity index (χ1) is 17.3. The topological polar surface area (TPSA) is 94.8 Å². The van der Waals surface area contributed by atoms with Crippen molar-refractivity contribution in [3.05, 3.63) is 89.2 Å². The first-order valence-corrected chi connectivity index (χ1v) is 13.0. The van der Waals surface area contributed by atoms with E-state index in [1.54, 1.807) is 28.7 Å². The van der Waals surface area contributed by atoms with Gasteiger partial charge in [-0.25, -0.2) is 18.2 Å². The fraction of sp³-hybridized carbons (Fsp3) is 0.107. The second-order valence-electron chi connectivity index (χ2n) is 8.80. The number of carbonyl (C=O) groups excluding carboxylic acids is 1. The lowest BCUT2D eigenvalue weighted by molar-refractivity contribution is -0.138. The zero-order valence-corrected chi connectivity index (χ0v) is 20.1. The van der Waals surface area contributed by atoms with Crippen LogP contribution >= 0.6 is 0 Å². The zero-order valence-electron chi connectivity index (χ0n) is 19.3. The summed E-state index contributed by atoms with van der Waals surface area (Å²) in [5.41, 5.74) is 1.90. The fourth-order valence-electron chi connectivity index (χ4n) is 4.86. The fourth-order valence-corrected chi connectivity index (χ4v) is 6.16. The van der Waals surface area contributed by atoms with Crippen LogP contribution in [0.3, 0.4) is 0 Å². The van der Waals surface area contributed by atoms with Crippen LogP contribution in [0.5, 0.6) is 0 Å². The van der Waals surface area contributed by atoms with Gasteiger partial charge < -0.3 is 4.74 Å². The van der Waals surface area contributed by atoms with E-state index in [1.807, 2.05) is 36.4 Å². The van der Waals surface area contributed by atoms with Crippen molar-refractivity contribution >= 4 is 64.8 Å². The molecule has 0 atom stereocenters. The standard InChI is InChI=1S/C28H20N2O5S/c1-16(2)28(32)35-14-15-36(33,34)23-13-12-19-25-18(23)8-5-9-20(25)27(31)30-22-11-4-7-17-6-3-10-21(24(17)22)29-26(19)30/h3-13H,1,14-15H2,2H3. The number of esters is 1. The van der Waals surface area contributed by atoms with E-state index in [9.17, 15) is 18.0 Å². The Kier molecular flexibility index (Phi) is 4.84. The van der Waals surface area contributed by atoms with E-state index in [0.717, 1.165) is 21.8 Å². The largest absolute Gasteiger partial charge is 0.461 e. The molecule has 0 unspecified atom stereocenters. The van der Waals surface area contributed by atoms with E-state index in [-0.39, 0.29) is 28.4 Å². The molecule has 0 saturated carbocycles. The molecule has 0 aliphatic rings. The molecule has 0 amide bonds. The highest BCUT2D eigenvalue weighted by molar-refractivity contribution is 7.91. The Bertz CT molecular complexity index is 2050. The molecule has 0 aliphatic carbocycles.